The standard InChI is InChI=1S/C17H28O3/c1-2-3-10-13-16(18)14-11-8-6-4-5-7-9-12-15-17(19)20/h5-8,12,15-16,18H,2-4,9-11,13-14H2,1H3,(H,19,20)/t16-/m0/s1. The topological polar surface area (TPSA) is 57.5 Å². The summed E-state index contributed by atoms with van der Waals surface area (Å²) in [5, 5.41) is 18.1. The van der Waals surface area contributed by atoms with Gasteiger partial charge in [0.2, 0.25) is 0 Å². The average molecular weight is 280 g/mol. The van der Waals surface area contributed by atoms with Gasteiger partial charge in [-0.15, -0.1) is 0 Å². The van der Waals surface area contributed by atoms with Gasteiger partial charge in [0.1, 0.15) is 0 Å². The lowest BCUT2D eigenvalue weighted by molar-refractivity contribution is -0.131. The molecule has 0 aromatic rings. The van der Waals surface area contributed by atoms with Crippen LogP contribution in [0.1, 0.15) is 58.3 Å². The molecule has 0 fully saturated rings. The van der Waals surface area contributed by atoms with Gasteiger partial charge in [-0.25, -0.2) is 4.79 Å². The normalized spacial score (nSPS) is 13.7. The van der Waals surface area contributed by atoms with Crippen molar-refractivity contribution in [2.24, 2.45) is 0 Å². The minimum Gasteiger partial charge on any atom is -0.478 e. The van der Waals surface area contributed by atoms with Gasteiger partial charge in [-0.2, -0.15) is 0 Å². The Morgan fingerprint density at radius 3 is 2.30 bits per heavy atom. The van der Waals surface area contributed by atoms with Crippen LogP contribution in [-0.2, 0) is 4.79 Å². The van der Waals surface area contributed by atoms with Crippen molar-refractivity contribution >= 4 is 5.97 Å². The van der Waals surface area contributed by atoms with Crippen LogP contribution in [0, 0.1) is 0 Å². The highest BCUT2D eigenvalue weighted by atomic mass is 16.4. The number of hydrogen-bond donors (Lipinski definition) is 2. The van der Waals surface area contributed by atoms with Gasteiger partial charge >= 0.3 is 5.97 Å². The lowest BCUT2D eigenvalue weighted by Gasteiger charge is -2.07. The predicted molar refractivity (Wildman–Crippen MR) is 83.7 cm³/mol. The number of aliphatic hydroxyl groups is 1. The van der Waals surface area contributed by atoms with Crippen molar-refractivity contribution in [3.63, 3.8) is 0 Å². The summed E-state index contributed by atoms with van der Waals surface area (Å²) in [6, 6.07) is 0. The Morgan fingerprint density at radius 1 is 1.00 bits per heavy atom. The van der Waals surface area contributed by atoms with Gasteiger partial charge in [0.25, 0.3) is 0 Å². The van der Waals surface area contributed by atoms with Crippen molar-refractivity contribution in [1.82, 2.24) is 0 Å². The van der Waals surface area contributed by atoms with Crippen LogP contribution < -0.4 is 0 Å². The number of carboxylic acids is 1. The van der Waals surface area contributed by atoms with Crippen LogP contribution in [0.5, 0.6) is 0 Å². The van der Waals surface area contributed by atoms with Crippen LogP contribution in [0.15, 0.2) is 36.5 Å². The molecule has 0 heterocycles. The van der Waals surface area contributed by atoms with E-state index in [0.29, 0.717) is 6.42 Å². The third kappa shape index (κ3) is 14.7. The Balaban J connectivity index is 3.47. The number of hydrogen-bond acceptors (Lipinski definition) is 2. The van der Waals surface area contributed by atoms with Gasteiger partial charge in [0, 0.05) is 6.08 Å². The van der Waals surface area contributed by atoms with Crippen LogP contribution >= 0.6 is 0 Å². The molecule has 0 saturated heterocycles. The van der Waals surface area contributed by atoms with E-state index in [-0.39, 0.29) is 6.10 Å². The number of allylic oxidation sites excluding steroid dienone is 5. The van der Waals surface area contributed by atoms with E-state index >= 15 is 0 Å². The summed E-state index contributed by atoms with van der Waals surface area (Å²) < 4.78 is 0. The maximum atomic E-state index is 10.2. The Bertz CT molecular complexity index is 316. The van der Waals surface area contributed by atoms with Crippen LogP contribution in [-0.4, -0.2) is 22.3 Å². The molecule has 0 saturated carbocycles. The molecule has 3 nitrogen and oxygen atoms in total. The summed E-state index contributed by atoms with van der Waals surface area (Å²) >= 11 is 0. The largest absolute Gasteiger partial charge is 0.478 e. The zero-order valence-electron chi connectivity index (χ0n) is 12.5. The maximum Gasteiger partial charge on any atom is 0.327 e. The number of unbranched alkanes of at least 4 members (excludes halogenated alkanes) is 2. The van der Waals surface area contributed by atoms with Crippen LogP contribution in [0.2, 0.25) is 0 Å². The fourth-order valence-electron chi connectivity index (χ4n) is 1.80. The molecule has 0 unspecified atom stereocenters. The zero-order chi connectivity index (χ0) is 15.1. The fraction of sp³-hybridized carbons (Fsp3) is 0.588. The van der Waals surface area contributed by atoms with Crippen molar-refractivity contribution in [3.05, 3.63) is 36.5 Å². The number of rotatable bonds is 12. The SMILES string of the molecule is CCCCC[C@H](O)CCC=CCC=CCC=CC(=O)O. The lowest BCUT2D eigenvalue weighted by Crippen LogP contribution is -2.05. The lowest BCUT2D eigenvalue weighted by atomic mass is 10.1. The molecule has 3 heteroatoms. The maximum absolute atomic E-state index is 10.2. The van der Waals surface area contributed by atoms with E-state index < -0.39 is 5.97 Å². The number of carbonyl (C=O) groups is 1. The third-order valence-electron chi connectivity index (χ3n) is 2.95. The minimum atomic E-state index is -0.907. The van der Waals surface area contributed by atoms with Crippen molar-refractivity contribution in [3.8, 4) is 0 Å². The molecule has 0 aliphatic heterocycles. The van der Waals surface area contributed by atoms with Crippen LogP contribution in [0.3, 0.4) is 0 Å². The van der Waals surface area contributed by atoms with Gasteiger partial charge in [0.15, 0.2) is 0 Å². The van der Waals surface area contributed by atoms with Gasteiger partial charge in [0.05, 0.1) is 6.10 Å². The van der Waals surface area contributed by atoms with Crippen molar-refractivity contribution in [1.29, 1.82) is 0 Å². The molecule has 0 aliphatic carbocycles. The number of carboxylic acid groups (broad SMARTS) is 1. The molecule has 0 radical (unpaired) electrons. The minimum absolute atomic E-state index is 0.164. The van der Waals surface area contributed by atoms with Crippen molar-refractivity contribution in [2.75, 3.05) is 0 Å². The van der Waals surface area contributed by atoms with E-state index in [4.69, 9.17) is 5.11 Å². The first-order chi connectivity index (χ1) is 9.66. The monoisotopic (exact) mass is 280 g/mol. The summed E-state index contributed by atoms with van der Waals surface area (Å²) in [6.07, 6.45) is 18.4. The summed E-state index contributed by atoms with van der Waals surface area (Å²) in [6.45, 7) is 2.17. The molecular formula is C17H28O3. The highest BCUT2D eigenvalue weighted by Gasteiger charge is 2.01. The highest BCUT2D eigenvalue weighted by molar-refractivity contribution is 5.79. The molecule has 2 N–H and O–H groups in total. The van der Waals surface area contributed by atoms with E-state index in [0.717, 1.165) is 38.2 Å². The van der Waals surface area contributed by atoms with Crippen LogP contribution in [0.25, 0.3) is 0 Å². The first-order valence-electron chi connectivity index (χ1n) is 7.54. The van der Waals surface area contributed by atoms with Crippen molar-refractivity contribution < 1.29 is 15.0 Å². The molecule has 1 atom stereocenters. The molecule has 0 rings (SSSR count). The summed E-state index contributed by atoms with van der Waals surface area (Å²) in [5.41, 5.74) is 0. The second-order valence-electron chi connectivity index (χ2n) is 4.88. The first-order valence-corrected chi connectivity index (χ1v) is 7.54. The number of aliphatic hydroxyl groups excluding tert-OH is 1. The van der Waals surface area contributed by atoms with E-state index in [1.165, 1.54) is 12.8 Å². The molecule has 20 heavy (non-hydrogen) atoms. The fourth-order valence-corrected chi connectivity index (χ4v) is 1.80. The molecule has 0 aliphatic rings. The number of aliphatic carboxylic acids is 1. The summed E-state index contributed by atoms with van der Waals surface area (Å²) in [5.74, 6) is -0.907. The predicted octanol–water partition coefficient (Wildman–Crippen LogP) is 4.24. The van der Waals surface area contributed by atoms with E-state index in [1.807, 2.05) is 12.2 Å². The van der Waals surface area contributed by atoms with Gasteiger partial charge < -0.3 is 10.2 Å². The Labute approximate surface area is 122 Å². The quantitative estimate of drug-likeness (QED) is 0.319. The Morgan fingerprint density at radius 2 is 1.65 bits per heavy atom. The molecule has 0 amide bonds. The summed E-state index contributed by atoms with van der Waals surface area (Å²) in [4.78, 5) is 10.2. The summed E-state index contributed by atoms with van der Waals surface area (Å²) in [7, 11) is 0. The van der Waals surface area contributed by atoms with Crippen LogP contribution in [0.4, 0.5) is 0 Å². The smallest absolute Gasteiger partial charge is 0.327 e. The molecule has 0 aromatic heterocycles. The first kappa shape index (κ1) is 18.7. The van der Waals surface area contributed by atoms with Gasteiger partial charge in [-0.3, -0.25) is 0 Å². The second kappa shape index (κ2) is 14.1. The molecule has 0 bridgehead atoms. The Kier molecular flexibility index (Phi) is 13.1. The highest BCUT2D eigenvalue weighted by Crippen LogP contribution is 2.08. The molecule has 114 valence electrons. The zero-order valence-corrected chi connectivity index (χ0v) is 12.5. The Hall–Kier alpha value is -1.35. The van der Waals surface area contributed by atoms with Crippen molar-refractivity contribution in [2.45, 2.75) is 64.4 Å². The van der Waals surface area contributed by atoms with E-state index in [9.17, 15) is 9.90 Å². The van der Waals surface area contributed by atoms with Gasteiger partial charge in [-0.1, -0.05) is 56.6 Å². The van der Waals surface area contributed by atoms with E-state index in [2.05, 4.69) is 19.1 Å². The molecule has 0 aromatic carbocycles. The molecule has 0 spiro atoms. The third-order valence-corrected chi connectivity index (χ3v) is 2.95. The van der Waals surface area contributed by atoms with Gasteiger partial charge in [-0.05, 0) is 32.1 Å². The molecular weight excluding hydrogens is 252 g/mol. The second-order valence-corrected chi connectivity index (χ2v) is 4.88. The van der Waals surface area contributed by atoms with E-state index in [1.54, 1.807) is 6.08 Å². The average Bonchev–Trinajstić information content (AvgIpc) is 2.41.